The van der Waals surface area contributed by atoms with E-state index in [-0.39, 0.29) is 11.4 Å². The summed E-state index contributed by atoms with van der Waals surface area (Å²) < 4.78 is 24.9. The Hall–Kier alpha value is -0.290. The summed E-state index contributed by atoms with van der Waals surface area (Å²) in [6.07, 6.45) is -1.83. The van der Waals surface area contributed by atoms with Gasteiger partial charge in [0.25, 0.3) is 6.43 Å². The van der Waals surface area contributed by atoms with E-state index in [9.17, 15) is 8.78 Å². The van der Waals surface area contributed by atoms with Gasteiger partial charge in [-0.1, -0.05) is 25.6 Å². The van der Waals surface area contributed by atoms with Crippen LogP contribution in [0.2, 0.25) is 0 Å². The molecule has 72 valence electrons. The molecule has 0 aromatic rings. The van der Waals surface area contributed by atoms with Gasteiger partial charge in [-0.05, 0) is 6.42 Å². The van der Waals surface area contributed by atoms with Crippen LogP contribution in [0.3, 0.4) is 0 Å². The van der Waals surface area contributed by atoms with Crippen LogP contribution in [0.25, 0.3) is 0 Å². The van der Waals surface area contributed by atoms with Crippen LogP contribution in [0.4, 0.5) is 8.78 Å². The molecular formula is C7H14F2N2S. The van der Waals surface area contributed by atoms with Gasteiger partial charge in [-0.2, -0.15) is 0 Å². The highest BCUT2D eigenvalue weighted by Gasteiger charge is 2.38. The number of nitrogens with two attached hydrogens (primary N) is 1. The van der Waals surface area contributed by atoms with Gasteiger partial charge in [0.2, 0.25) is 0 Å². The van der Waals surface area contributed by atoms with Crippen molar-refractivity contribution in [1.82, 2.24) is 5.32 Å². The number of thiocarbonyl (C=S) groups is 1. The molecule has 0 radical (unpaired) electrons. The minimum atomic E-state index is -2.61. The van der Waals surface area contributed by atoms with E-state index >= 15 is 0 Å². The number of hydrogen-bond donors (Lipinski definition) is 2. The van der Waals surface area contributed by atoms with Crippen LogP contribution < -0.4 is 11.1 Å². The summed E-state index contributed by atoms with van der Waals surface area (Å²) in [4.78, 5) is 0.0272. The lowest BCUT2D eigenvalue weighted by Gasteiger charge is -2.28. The van der Waals surface area contributed by atoms with E-state index in [0.717, 1.165) is 0 Å². The van der Waals surface area contributed by atoms with Gasteiger partial charge in [0.1, 0.15) is 10.5 Å². The Kier molecular flexibility index (Phi) is 4.55. The molecule has 0 rings (SSSR count). The summed E-state index contributed by atoms with van der Waals surface area (Å²) in [7, 11) is 1.50. The Labute approximate surface area is 76.5 Å². The lowest BCUT2D eigenvalue weighted by Crippen LogP contribution is -2.57. The smallest absolute Gasteiger partial charge is 0.262 e. The van der Waals surface area contributed by atoms with E-state index in [2.05, 4.69) is 5.32 Å². The van der Waals surface area contributed by atoms with Crippen molar-refractivity contribution in [2.75, 3.05) is 7.05 Å². The summed E-state index contributed by atoms with van der Waals surface area (Å²) in [5, 5.41) is 2.50. The second kappa shape index (κ2) is 4.67. The average Bonchev–Trinajstić information content (AvgIpc) is 2.03. The molecule has 0 bridgehead atoms. The molecule has 2 nitrogen and oxygen atoms in total. The summed E-state index contributed by atoms with van der Waals surface area (Å²) >= 11 is 4.72. The molecule has 0 saturated heterocycles. The molecule has 12 heavy (non-hydrogen) atoms. The van der Waals surface area contributed by atoms with Crippen LogP contribution >= 0.6 is 12.2 Å². The van der Waals surface area contributed by atoms with Crippen LogP contribution in [0, 0.1) is 0 Å². The van der Waals surface area contributed by atoms with Gasteiger partial charge in [0.15, 0.2) is 0 Å². The van der Waals surface area contributed by atoms with E-state index in [1.807, 2.05) is 0 Å². The summed E-state index contributed by atoms with van der Waals surface area (Å²) in [6, 6.07) is 0. The highest BCUT2D eigenvalue weighted by molar-refractivity contribution is 7.80. The minimum Gasteiger partial charge on any atom is -0.381 e. The predicted molar refractivity (Wildman–Crippen MR) is 49.5 cm³/mol. The number of rotatable bonds is 4. The number of alkyl halides is 2. The monoisotopic (exact) mass is 196 g/mol. The van der Waals surface area contributed by atoms with Gasteiger partial charge in [-0.15, -0.1) is 0 Å². The summed E-state index contributed by atoms with van der Waals surface area (Å²) in [5.41, 5.74) is 3.80. The van der Waals surface area contributed by atoms with Gasteiger partial charge in [-0.3, -0.25) is 0 Å². The van der Waals surface area contributed by atoms with Crippen molar-refractivity contribution in [2.45, 2.75) is 31.7 Å². The molecule has 0 aliphatic carbocycles. The van der Waals surface area contributed by atoms with Gasteiger partial charge in [-0.25, -0.2) is 8.78 Å². The maximum atomic E-state index is 12.5. The van der Waals surface area contributed by atoms with E-state index in [1.165, 1.54) is 7.05 Å². The first-order valence-electron chi connectivity index (χ1n) is 3.78. The molecule has 3 N–H and O–H groups in total. The zero-order valence-corrected chi connectivity index (χ0v) is 8.05. The third-order valence-corrected chi connectivity index (χ3v) is 2.29. The molecule has 0 saturated carbocycles. The molecule has 0 amide bonds. The van der Waals surface area contributed by atoms with Gasteiger partial charge in [0.05, 0.1) is 0 Å². The Morgan fingerprint density at radius 3 is 2.42 bits per heavy atom. The van der Waals surface area contributed by atoms with Crippen LogP contribution in [0.1, 0.15) is 19.8 Å². The van der Waals surface area contributed by atoms with Crippen molar-refractivity contribution >= 4 is 17.2 Å². The van der Waals surface area contributed by atoms with Crippen molar-refractivity contribution in [3.63, 3.8) is 0 Å². The fourth-order valence-electron chi connectivity index (χ4n) is 0.968. The molecule has 5 heteroatoms. The SMILES string of the molecule is CCCC(N)(C(=S)NC)C(F)F. The van der Waals surface area contributed by atoms with Crippen molar-refractivity contribution in [2.24, 2.45) is 5.73 Å². The maximum Gasteiger partial charge on any atom is 0.262 e. The molecule has 1 atom stereocenters. The molecule has 0 aliphatic rings. The fourth-order valence-corrected chi connectivity index (χ4v) is 1.16. The number of nitrogens with one attached hydrogen (secondary N) is 1. The summed E-state index contributed by atoms with van der Waals surface area (Å²) in [6.45, 7) is 1.79. The van der Waals surface area contributed by atoms with Crippen molar-refractivity contribution < 1.29 is 8.78 Å². The quantitative estimate of drug-likeness (QED) is 0.665. The first-order chi connectivity index (χ1) is 5.49. The van der Waals surface area contributed by atoms with E-state index in [1.54, 1.807) is 6.92 Å². The van der Waals surface area contributed by atoms with Crippen LogP contribution in [0.5, 0.6) is 0 Å². The number of hydrogen-bond acceptors (Lipinski definition) is 2. The third-order valence-electron chi connectivity index (χ3n) is 1.70. The van der Waals surface area contributed by atoms with Crippen LogP contribution in [0.15, 0.2) is 0 Å². The molecule has 0 spiro atoms. The van der Waals surface area contributed by atoms with E-state index in [4.69, 9.17) is 18.0 Å². The zero-order chi connectivity index (χ0) is 9.78. The number of halogens is 2. The molecule has 0 aromatic heterocycles. The van der Waals surface area contributed by atoms with Gasteiger partial charge >= 0.3 is 0 Å². The number of likely N-dealkylation sites (N-methyl/N-ethyl adjacent to an activating group) is 1. The first-order valence-corrected chi connectivity index (χ1v) is 4.19. The molecule has 0 fully saturated rings. The lowest BCUT2D eigenvalue weighted by molar-refractivity contribution is 0.0840. The van der Waals surface area contributed by atoms with Crippen molar-refractivity contribution in [1.29, 1.82) is 0 Å². The standard InChI is InChI=1S/C7H14F2N2S/c1-3-4-7(10,5(8)9)6(12)11-2/h5H,3-4,10H2,1-2H3,(H,11,12). The first kappa shape index (κ1) is 11.7. The second-order valence-electron chi connectivity index (χ2n) is 2.67. The normalized spacial score (nSPS) is 15.8. The van der Waals surface area contributed by atoms with E-state index in [0.29, 0.717) is 6.42 Å². The Bertz CT molecular complexity index is 163. The topological polar surface area (TPSA) is 38.0 Å². The Balaban J connectivity index is 4.49. The average molecular weight is 196 g/mol. The molecule has 1 unspecified atom stereocenters. The van der Waals surface area contributed by atoms with Crippen LogP contribution in [-0.2, 0) is 0 Å². The summed E-state index contributed by atoms with van der Waals surface area (Å²) in [5.74, 6) is 0. The maximum absolute atomic E-state index is 12.5. The Morgan fingerprint density at radius 2 is 2.17 bits per heavy atom. The van der Waals surface area contributed by atoms with Crippen molar-refractivity contribution in [3.05, 3.63) is 0 Å². The van der Waals surface area contributed by atoms with E-state index < -0.39 is 12.0 Å². The molecular weight excluding hydrogens is 182 g/mol. The van der Waals surface area contributed by atoms with Crippen molar-refractivity contribution in [3.8, 4) is 0 Å². The highest BCUT2D eigenvalue weighted by Crippen LogP contribution is 2.19. The molecule has 0 heterocycles. The third kappa shape index (κ3) is 2.35. The van der Waals surface area contributed by atoms with Crippen LogP contribution in [-0.4, -0.2) is 24.0 Å². The molecule has 0 aliphatic heterocycles. The fraction of sp³-hybridized carbons (Fsp3) is 0.857. The predicted octanol–water partition coefficient (Wildman–Crippen LogP) is 1.30. The second-order valence-corrected chi connectivity index (χ2v) is 3.08. The Morgan fingerprint density at radius 1 is 1.67 bits per heavy atom. The lowest BCUT2D eigenvalue weighted by atomic mass is 9.95. The largest absolute Gasteiger partial charge is 0.381 e. The highest BCUT2D eigenvalue weighted by atomic mass is 32.1. The van der Waals surface area contributed by atoms with Gasteiger partial charge < -0.3 is 11.1 Å². The molecule has 0 aromatic carbocycles. The minimum absolute atomic E-state index is 0.0272. The van der Waals surface area contributed by atoms with Gasteiger partial charge in [0, 0.05) is 7.05 Å². The zero-order valence-electron chi connectivity index (χ0n) is 7.23.